The number of ether oxygens (including phenoxy) is 4. The normalized spacial score (nSPS) is 14.5. The number of hydrogen-bond acceptors (Lipinski definition) is 6. The highest BCUT2D eigenvalue weighted by molar-refractivity contribution is 5.87. The summed E-state index contributed by atoms with van der Waals surface area (Å²) in [5, 5.41) is 2.61. The molecule has 0 spiro atoms. The fraction of sp³-hybridized carbons (Fsp3) is 0.706. The van der Waals surface area contributed by atoms with Crippen molar-refractivity contribution in [3.8, 4) is 5.75 Å². The molecule has 0 bridgehead atoms. The van der Waals surface area contributed by atoms with Gasteiger partial charge in [0, 0.05) is 30.8 Å². The average Bonchev–Trinajstić information content (AvgIpc) is 3.10. The van der Waals surface area contributed by atoms with E-state index in [4.69, 9.17) is 18.9 Å². The molecule has 342 valence electrons. The molecule has 25 heteroatoms. The van der Waals surface area contributed by atoms with Crippen LogP contribution in [0.5, 0.6) is 5.75 Å². The molecule has 0 radical (unpaired) electrons. The summed E-state index contributed by atoms with van der Waals surface area (Å²) in [6.45, 7) is 1.46. The van der Waals surface area contributed by atoms with E-state index in [-0.39, 0.29) is 24.8 Å². The fourth-order valence-electron chi connectivity index (χ4n) is 4.29. The van der Waals surface area contributed by atoms with Crippen LogP contribution in [-0.2, 0) is 23.8 Å². The van der Waals surface area contributed by atoms with Crippen molar-refractivity contribution < 1.29 is 108 Å². The Kier molecular flexibility index (Phi) is 17.5. The minimum absolute atomic E-state index is 0.0503. The van der Waals surface area contributed by atoms with Crippen LogP contribution in [0.2, 0.25) is 0 Å². The summed E-state index contributed by atoms with van der Waals surface area (Å²) in [5.41, 5.74) is -0.212. The molecule has 0 unspecified atom stereocenters. The number of esters is 1. The zero-order chi connectivity index (χ0) is 46.2. The van der Waals surface area contributed by atoms with Crippen molar-refractivity contribution in [2.24, 2.45) is 5.41 Å². The second kappa shape index (κ2) is 19.4. The van der Waals surface area contributed by atoms with E-state index in [0.29, 0.717) is 18.9 Å². The summed E-state index contributed by atoms with van der Waals surface area (Å²) in [6.07, 6.45) is -18.0. The number of rotatable bonds is 24. The Morgan fingerprint density at radius 1 is 0.610 bits per heavy atom. The Bertz CT molecular complexity index is 1490. The predicted octanol–water partition coefficient (Wildman–Crippen LogP) is 10.4. The fourth-order valence-corrected chi connectivity index (χ4v) is 4.29. The van der Waals surface area contributed by atoms with Crippen molar-refractivity contribution in [2.45, 2.75) is 113 Å². The van der Waals surface area contributed by atoms with Crippen molar-refractivity contribution in [2.75, 3.05) is 33.0 Å². The van der Waals surface area contributed by atoms with Gasteiger partial charge in [-0.2, -0.15) is 79.0 Å². The van der Waals surface area contributed by atoms with E-state index >= 15 is 0 Å². The smallest absolute Gasteiger partial charge is 0.460 e. The summed E-state index contributed by atoms with van der Waals surface area (Å²) >= 11 is 0. The first-order valence-electron chi connectivity index (χ1n) is 17.0. The Labute approximate surface area is 324 Å². The Morgan fingerprint density at radius 2 is 1.05 bits per heavy atom. The average molecular weight is 900 g/mol. The van der Waals surface area contributed by atoms with E-state index in [1.54, 1.807) is 13.8 Å². The summed E-state index contributed by atoms with van der Waals surface area (Å²) in [7, 11) is 0. The lowest BCUT2D eigenvalue weighted by molar-refractivity contribution is -0.399. The van der Waals surface area contributed by atoms with Gasteiger partial charge in [0.1, 0.15) is 12.4 Å². The second-order valence-electron chi connectivity index (χ2n) is 13.5. The third-order valence-corrected chi connectivity index (χ3v) is 8.53. The van der Waals surface area contributed by atoms with E-state index in [1.807, 2.05) is 6.92 Å². The van der Waals surface area contributed by atoms with Gasteiger partial charge in [-0.3, -0.25) is 4.79 Å². The second-order valence-corrected chi connectivity index (χ2v) is 13.5. The van der Waals surface area contributed by atoms with Gasteiger partial charge in [-0.15, -0.1) is 0 Å². The number of carbonyl (C=O) groups is 2. The molecule has 0 aliphatic rings. The molecule has 1 aromatic rings. The highest BCUT2D eigenvalue weighted by atomic mass is 19.4. The maximum Gasteiger partial charge on any atom is 0.460 e. The van der Waals surface area contributed by atoms with Crippen molar-refractivity contribution >= 4 is 18.0 Å². The van der Waals surface area contributed by atoms with Crippen molar-refractivity contribution in [3.63, 3.8) is 0 Å². The van der Waals surface area contributed by atoms with Crippen LogP contribution in [0.1, 0.15) is 65.4 Å². The van der Waals surface area contributed by atoms with Crippen LogP contribution >= 0.6 is 0 Å². The van der Waals surface area contributed by atoms with E-state index in [0.717, 1.165) is 6.08 Å². The van der Waals surface area contributed by atoms with Gasteiger partial charge in [-0.25, -0.2) is 4.79 Å². The number of halogens is 18. The molecule has 1 N–H and O–H groups in total. The number of amides is 1. The standard InChI is InChI=1S/C34H39F18NO6/c1-5-25(2,3)24(55)53-16-20-57-23(54)12-9-21-7-10-22(11-8-21)56-17-6-13-26(4,58-18-14-27(35,36)29(39,40)31(43,44)33(47,48)49)59-19-15-28(37,38)30(41,42)32(45,46)34(50,51)52/h7-12H,5-6,13-20H2,1-4H3,(H,53,55)/b12-9+. The summed E-state index contributed by atoms with van der Waals surface area (Å²) in [4.78, 5) is 24.0. The molecule has 0 saturated carbocycles. The van der Waals surface area contributed by atoms with Gasteiger partial charge in [0.2, 0.25) is 5.91 Å². The molecule has 0 atom stereocenters. The third-order valence-electron chi connectivity index (χ3n) is 8.53. The van der Waals surface area contributed by atoms with Crippen LogP contribution in [0.3, 0.4) is 0 Å². The van der Waals surface area contributed by atoms with Crippen LogP contribution in [0.4, 0.5) is 79.0 Å². The van der Waals surface area contributed by atoms with Gasteiger partial charge in [-0.1, -0.05) is 32.9 Å². The first-order valence-corrected chi connectivity index (χ1v) is 17.0. The monoisotopic (exact) mass is 899 g/mol. The van der Waals surface area contributed by atoms with Gasteiger partial charge in [0.05, 0.1) is 26.4 Å². The maximum atomic E-state index is 14.0. The Morgan fingerprint density at radius 3 is 1.46 bits per heavy atom. The first kappa shape index (κ1) is 53.4. The molecule has 0 aliphatic heterocycles. The van der Waals surface area contributed by atoms with Gasteiger partial charge in [-0.05, 0) is 43.5 Å². The molecule has 0 saturated heterocycles. The van der Waals surface area contributed by atoms with Gasteiger partial charge in [0.25, 0.3) is 0 Å². The van der Waals surface area contributed by atoms with Gasteiger partial charge in [0.15, 0.2) is 5.79 Å². The zero-order valence-corrected chi connectivity index (χ0v) is 31.3. The number of nitrogens with one attached hydrogen (secondary N) is 1. The van der Waals surface area contributed by atoms with Crippen molar-refractivity contribution in [1.82, 2.24) is 5.32 Å². The minimum atomic E-state index is -7.29. The lowest BCUT2D eigenvalue weighted by Crippen LogP contribution is -2.61. The molecular formula is C34H39F18NO6. The molecule has 0 fully saturated rings. The van der Waals surface area contributed by atoms with Crippen LogP contribution in [0.15, 0.2) is 30.3 Å². The molecule has 7 nitrogen and oxygen atoms in total. The maximum absolute atomic E-state index is 14.0. The summed E-state index contributed by atoms with van der Waals surface area (Å²) in [6, 6.07) is 5.44. The lowest BCUT2D eigenvalue weighted by Gasteiger charge is -2.36. The van der Waals surface area contributed by atoms with Gasteiger partial charge >= 0.3 is 53.9 Å². The van der Waals surface area contributed by atoms with Crippen LogP contribution in [0.25, 0.3) is 6.08 Å². The predicted molar refractivity (Wildman–Crippen MR) is 170 cm³/mol. The highest BCUT2D eigenvalue weighted by Gasteiger charge is 2.82. The molecule has 59 heavy (non-hydrogen) atoms. The topological polar surface area (TPSA) is 83.1 Å². The number of carbonyl (C=O) groups excluding carboxylic acids is 2. The Balaban J connectivity index is 2.99. The molecule has 1 aromatic carbocycles. The van der Waals surface area contributed by atoms with E-state index < -0.39 is 111 Å². The van der Waals surface area contributed by atoms with E-state index in [2.05, 4.69) is 5.32 Å². The summed E-state index contributed by atoms with van der Waals surface area (Å²) in [5.74, 6) is -44.8. The molecule has 0 aliphatic carbocycles. The first-order chi connectivity index (χ1) is 26.4. The SMILES string of the molecule is CCC(C)(C)C(=O)NCCOC(=O)/C=C/c1ccc(OCCCC(C)(OCCC(F)(F)C(F)(F)C(F)(F)C(F)(F)F)OCCC(F)(F)C(F)(F)C(F)(F)C(F)(F)F)cc1. The van der Waals surface area contributed by atoms with Crippen LogP contribution < -0.4 is 10.1 Å². The molecule has 1 amide bonds. The van der Waals surface area contributed by atoms with Crippen molar-refractivity contribution in [1.29, 1.82) is 0 Å². The highest BCUT2D eigenvalue weighted by Crippen LogP contribution is 2.55. The van der Waals surface area contributed by atoms with Crippen LogP contribution in [0, 0.1) is 5.41 Å². The minimum Gasteiger partial charge on any atom is -0.494 e. The van der Waals surface area contributed by atoms with Gasteiger partial charge < -0.3 is 24.3 Å². The lowest BCUT2D eigenvalue weighted by atomic mass is 9.89. The largest absolute Gasteiger partial charge is 0.494 e. The number of alkyl halides is 18. The molecule has 0 heterocycles. The number of benzene rings is 1. The van der Waals surface area contributed by atoms with Crippen LogP contribution in [-0.4, -0.2) is 98.5 Å². The van der Waals surface area contributed by atoms with E-state index in [9.17, 15) is 88.6 Å². The quantitative estimate of drug-likeness (QED) is 0.0366. The zero-order valence-electron chi connectivity index (χ0n) is 31.3. The molecular weight excluding hydrogens is 860 g/mol. The summed E-state index contributed by atoms with van der Waals surface area (Å²) < 4.78 is 258. The van der Waals surface area contributed by atoms with E-state index in [1.165, 1.54) is 30.3 Å². The number of hydrogen-bond donors (Lipinski definition) is 1. The van der Waals surface area contributed by atoms with Crippen molar-refractivity contribution in [3.05, 3.63) is 35.9 Å². The molecule has 0 aromatic heterocycles. The Hall–Kier alpha value is -3.64. The molecule has 1 rings (SSSR count). The third kappa shape index (κ3) is 13.4.